The van der Waals surface area contributed by atoms with Gasteiger partial charge in [0.1, 0.15) is 6.04 Å². The Morgan fingerprint density at radius 2 is 1.86 bits per heavy atom. The lowest BCUT2D eigenvalue weighted by molar-refractivity contribution is -0.123. The maximum absolute atomic E-state index is 12.3. The van der Waals surface area contributed by atoms with Gasteiger partial charge in [0.15, 0.2) is 0 Å². The zero-order valence-electron chi connectivity index (χ0n) is 12.4. The fourth-order valence-electron chi connectivity index (χ4n) is 1.69. The first-order chi connectivity index (χ1) is 9.77. The summed E-state index contributed by atoms with van der Waals surface area (Å²) in [5, 5.41) is 2.49. The number of carbonyl (C=O) groups excluding carboxylic acids is 1. The highest BCUT2D eigenvalue weighted by molar-refractivity contribution is 7.89. The van der Waals surface area contributed by atoms with E-state index < -0.39 is 22.0 Å². The number of nitrogens with one attached hydrogen (secondary N) is 2. The summed E-state index contributed by atoms with van der Waals surface area (Å²) in [5.41, 5.74) is 0.959. The number of aryl methyl sites for hydroxylation is 1. The summed E-state index contributed by atoms with van der Waals surface area (Å²) in [6.07, 6.45) is 5.08. The smallest absolute Gasteiger partial charge is 0.241 e. The highest BCUT2D eigenvalue weighted by Gasteiger charge is 2.27. The summed E-state index contributed by atoms with van der Waals surface area (Å²) in [6.45, 7) is 5.46. The van der Waals surface area contributed by atoms with Crippen LogP contribution in [0.2, 0.25) is 0 Å². The zero-order valence-corrected chi connectivity index (χ0v) is 13.2. The van der Waals surface area contributed by atoms with Crippen LogP contribution in [0, 0.1) is 25.2 Å². The summed E-state index contributed by atoms with van der Waals surface area (Å²) in [7, 11) is -3.75. The molecule has 0 saturated heterocycles. The van der Waals surface area contributed by atoms with Gasteiger partial charge in [0, 0.05) is 0 Å². The van der Waals surface area contributed by atoms with Gasteiger partial charge in [0.05, 0.1) is 11.4 Å². The van der Waals surface area contributed by atoms with Crippen molar-refractivity contribution in [2.75, 3.05) is 6.54 Å². The Morgan fingerprint density at radius 1 is 1.29 bits per heavy atom. The molecular weight excluding hydrogens is 288 g/mol. The Bertz CT molecular complexity index is 628. The molecule has 0 aliphatic heterocycles. The Hall–Kier alpha value is -1.84. The monoisotopic (exact) mass is 308 g/mol. The van der Waals surface area contributed by atoms with Crippen molar-refractivity contribution in [1.29, 1.82) is 0 Å². The fraction of sp³-hybridized carbons (Fsp3) is 0.400. The van der Waals surface area contributed by atoms with Gasteiger partial charge in [-0.15, -0.1) is 6.42 Å². The third-order valence-electron chi connectivity index (χ3n) is 2.93. The Balaban J connectivity index is 2.95. The van der Waals surface area contributed by atoms with E-state index in [0.717, 1.165) is 5.56 Å². The van der Waals surface area contributed by atoms with Crippen LogP contribution in [0.1, 0.15) is 19.4 Å². The molecule has 0 fully saturated rings. The van der Waals surface area contributed by atoms with Crippen molar-refractivity contribution < 1.29 is 13.2 Å². The second-order valence-electron chi connectivity index (χ2n) is 5.08. The van der Waals surface area contributed by atoms with Crippen LogP contribution in [0.15, 0.2) is 29.2 Å². The van der Waals surface area contributed by atoms with Crippen molar-refractivity contribution in [1.82, 2.24) is 10.0 Å². The molecule has 1 aromatic carbocycles. The Kier molecular flexibility index (Phi) is 5.94. The van der Waals surface area contributed by atoms with Crippen molar-refractivity contribution in [3.8, 4) is 12.3 Å². The normalized spacial score (nSPS) is 12.7. The lowest BCUT2D eigenvalue weighted by Gasteiger charge is -2.21. The van der Waals surface area contributed by atoms with E-state index in [2.05, 4.69) is 16.0 Å². The van der Waals surface area contributed by atoms with Gasteiger partial charge in [-0.2, -0.15) is 4.72 Å². The molecule has 1 atom stereocenters. The minimum absolute atomic E-state index is 0.0638. The van der Waals surface area contributed by atoms with E-state index in [1.165, 1.54) is 12.1 Å². The second-order valence-corrected chi connectivity index (χ2v) is 6.79. The van der Waals surface area contributed by atoms with Crippen LogP contribution in [-0.2, 0) is 14.8 Å². The highest BCUT2D eigenvalue weighted by atomic mass is 32.2. The molecule has 21 heavy (non-hydrogen) atoms. The number of benzene rings is 1. The van der Waals surface area contributed by atoms with Crippen molar-refractivity contribution in [3.63, 3.8) is 0 Å². The van der Waals surface area contributed by atoms with Crippen molar-refractivity contribution in [3.05, 3.63) is 29.8 Å². The number of hydrogen-bond acceptors (Lipinski definition) is 3. The molecule has 0 radical (unpaired) electrons. The average molecular weight is 308 g/mol. The molecule has 1 rings (SSSR count). The first-order valence-electron chi connectivity index (χ1n) is 6.58. The van der Waals surface area contributed by atoms with Gasteiger partial charge < -0.3 is 5.32 Å². The molecule has 0 aromatic heterocycles. The molecule has 0 aliphatic rings. The summed E-state index contributed by atoms with van der Waals surface area (Å²) >= 11 is 0. The number of carbonyl (C=O) groups is 1. The van der Waals surface area contributed by atoms with E-state index in [0.29, 0.717) is 0 Å². The summed E-state index contributed by atoms with van der Waals surface area (Å²) in [6, 6.07) is 5.56. The molecule has 1 aromatic rings. The molecule has 0 saturated carbocycles. The first-order valence-corrected chi connectivity index (χ1v) is 8.06. The lowest BCUT2D eigenvalue weighted by Crippen LogP contribution is -2.49. The largest absolute Gasteiger partial charge is 0.344 e. The summed E-state index contributed by atoms with van der Waals surface area (Å²) in [4.78, 5) is 12.1. The maximum atomic E-state index is 12.3. The molecular formula is C15H20N2O3S. The quantitative estimate of drug-likeness (QED) is 0.771. The third kappa shape index (κ3) is 4.88. The molecule has 114 valence electrons. The average Bonchev–Trinajstić information content (AvgIpc) is 2.42. The van der Waals surface area contributed by atoms with Crippen LogP contribution in [0.4, 0.5) is 0 Å². The molecule has 0 aliphatic carbocycles. The van der Waals surface area contributed by atoms with Gasteiger partial charge in [-0.05, 0) is 25.0 Å². The van der Waals surface area contributed by atoms with Gasteiger partial charge >= 0.3 is 0 Å². The highest BCUT2D eigenvalue weighted by Crippen LogP contribution is 2.13. The maximum Gasteiger partial charge on any atom is 0.241 e. The Morgan fingerprint density at radius 3 is 2.33 bits per heavy atom. The van der Waals surface area contributed by atoms with Gasteiger partial charge in [-0.1, -0.05) is 37.5 Å². The summed E-state index contributed by atoms with van der Waals surface area (Å²) in [5.74, 6) is 1.65. The SMILES string of the molecule is C#CCNC(=O)C(NS(=O)(=O)c1ccc(C)cc1)C(C)C. The number of hydrogen-bond donors (Lipinski definition) is 2. The molecule has 0 heterocycles. The van der Waals surface area contributed by atoms with E-state index in [4.69, 9.17) is 6.42 Å². The molecule has 2 N–H and O–H groups in total. The predicted octanol–water partition coefficient (Wildman–Crippen LogP) is 1.05. The molecule has 5 nitrogen and oxygen atoms in total. The van der Waals surface area contributed by atoms with Crippen molar-refractivity contribution in [2.24, 2.45) is 5.92 Å². The first kappa shape index (κ1) is 17.2. The zero-order chi connectivity index (χ0) is 16.0. The number of sulfonamides is 1. The van der Waals surface area contributed by atoms with Gasteiger partial charge in [0.25, 0.3) is 0 Å². The van der Waals surface area contributed by atoms with E-state index in [-0.39, 0.29) is 17.4 Å². The third-order valence-corrected chi connectivity index (χ3v) is 4.38. The second kappa shape index (κ2) is 7.25. The number of terminal acetylenes is 1. The van der Waals surface area contributed by atoms with Crippen LogP contribution >= 0.6 is 0 Å². The van der Waals surface area contributed by atoms with Gasteiger partial charge in [-0.3, -0.25) is 4.79 Å². The van der Waals surface area contributed by atoms with Crippen LogP contribution in [0.3, 0.4) is 0 Å². The van der Waals surface area contributed by atoms with Crippen LogP contribution in [-0.4, -0.2) is 26.9 Å². The van der Waals surface area contributed by atoms with E-state index in [1.807, 2.05) is 6.92 Å². The Labute approximate surface area is 126 Å². The van der Waals surface area contributed by atoms with Crippen LogP contribution < -0.4 is 10.0 Å². The van der Waals surface area contributed by atoms with E-state index in [9.17, 15) is 13.2 Å². The van der Waals surface area contributed by atoms with Crippen LogP contribution in [0.25, 0.3) is 0 Å². The number of amides is 1. The van der Waals surface area contributed by atoms with Gasteiger partial charge in [-0.25, -0.2) is 8.42 Å². The minimum Gasteiger partial charge on any atom is -0.344 e. The fourth-order valence-corrected chi connectivity index (χ4v) is 3.04. The topological polar surface area (TPSA) is 75.3 Å². The van der Waals surface area contributed by atoms with Crippen LogP contribution in [0.5, 0.6) is 0 Å². The number of rotatable bonds is 6. The molecule has 0 bridgehead atoms. The molecule has 1 amide bonds. The predicted molar refractivity (Wildman–Crippen MR) is 82.0 cm³/mol. The van der Waals surface area contributed by atoms with E-state index >= 15 is 0 Å². The van der Waals surface area contributed by atoms with Gasteiger partial charge in [0.2, 0.25) is 15.9 Å². The molecule has 0 spiro atoms. The molecule has 1 unspecified atom stereocenters. The van der Waals surface area contributed by atoms with Crippen molar-refractivity contribution >= 4 is 15.9 Å². The minimum atomic E-state index is -3.75. The standard InChI is InChI=1S/C15H20N2O3S/c1-5-10-16-15(18)14(11(2)3)17-21(19,20)13-8-6-12(4)7-9-13/h1,6-9,11,14,17H,10H2,2-4H3,(H,16,18). The summed E-state index contributed by atoms with van der Waals surface area (Å²) < 4.78 is 27.0. The molecule has 6 heteroatoms. The van der Waals surface area contributed by atoms with E-state index in [1.54, 1.807) is 26.0 Å². The lowest BCUT2D eigenvalue weighted by atomic mass is 10.1. The van der Waals surface area contributed by atoms with Crippen molar-refractivity contribution in [2.45, 2.75) is 31.7 Å².